The van der Waals surface area contributed by atoms with E-state index in [1.807, 2.05) is 11.8 Å². The van der Waals surface area contributed by atoms with Gasteiger partial charge in [-0.1, -0.05) is 29.3 Å². The molecule has 0 saturated carbocycles. The highest BCUT2D eigenvalue weighted by molar-refractivity contribution is 7.99. The van der Waals surface area contributed by atoms with Crippen LogP contribution in [-0.4, -0.2) is 18.8 Å². The molecule has 1 aliphatic rings. The van der Waals surface area contributed by atoms with Crippen molar-refractivity contribution >= 4 is 11.8 Å². The van der Waals surface area contributed by atoms with Gasteiger partial charge in [-0.3, -0.25) is 0 Å². The van der Waals surface area contributed by atoms with Gasteiger partial charge in [0.2, 0.25) is 0 Å². The summed E-state index contributed by atoms with van der Waals surface area (Å²) in [4.78, 5) is 1.38. The summed E-state index contributed by atoms with van der Waals surface area (Å²) >= 11 is 1.96. The molecule has 0 amide bonds. The second-order valence-corrected chi connectivity index (χ2v) is 6.09. The van der Waals surface area contributed by atoms with Gasteiger partial charge in [-0.25, -0.2) is 0 Å². The van der Waals surface area contributed by atoms with Crippen molar-refractivity contribution < 1.29 is 0 Å². The SMILES string of the molecule is CNC(CSc1cccc(C)c1)C1=CCCCC1. The van der Waals surface area contributed by atoms with E-state index in [0.29, 0.717) is 6.04 Å². The van der Waals surface area contributed by atoms with Crippen LogP contribution in [0.2, 0.25) is 0 Å². The van der Waals surface area contributed by atoms with Crippen LogP contribution in [0.3, 0.4) is 0 Å². The summed E-state index contributed by atoms with van der Waals surface area (Å²) in [5.41, 5.74) is 2.96. The highest BCUT2D eigenvalue weighted by Crippen LogP contribution is 2.25. The summed E-state index contributed by atoms with van der Waals surface area (Å²) in [7, 11) is 2.08. The van der Waals surface area contributed by atoms with Gasteiger partial charge < -0.3 is 5.32 Å². The second kappa shape index (κ2) is 7.01. The maximum Gasteiger partial charge on any atom is 0.0371 e. The third-order valence-corrected chi connectivity index (χ3v) is 4.62. The maximum atomic E-state index is 3.47. The molecular weight excluding hydrogens is 238 g/mol. The molecule has 1 aromatic carbocycles. The summed E-state index contributed by atoms with van der Waals surface area (Å²) in [6, 6.07) is 9.32. The Bertz CT molecular complexity index is 411. The highest BCUT2D eigenvalue weighted by Gasteiger charge is 2.14. The lowest BCUT2D eigenvalue weighted by Gasteiger charge is -2.22. The topological polar surface area (TPSA) is 12.0 Å². The van der Waals surface area contributed by atoms with Crippen molar-refractivity contribution in [1.82, 2.24) is 5.32 Å². The van der Waals surface area contributed by atoms with E-state index < -0.39 is 0 Å². The van der Waals surface area contributed by atoms with Crippen LogP contribution in [0.25, 0.3) is 0 Å². The zero-order chi connectivity index (χ0) is 12.8. The fourth-order valence-corrected chi connectivity index (χ4v) is 3.62. The van der Waals surface area contributed by atoms with Crippen molar-refractivity contribution in [2.24, 2.45) is 0 Å². The van der Waals surface area contributed by atoms with Crippen LogP contribution in [0, 0.1) is 6.92 Å². The summed E-state index contributed by atoms with van der Waals surface area (Å²) in [6.07, 6.45) is 7.72. The first kappa shape index (κ1) is 13.7. The number of rotatable bonds is 5. The molecule has 18 heavy (non-hydrogen) atoms. The predicted molar refractivity (Wildman–Crippen MR) is 81.3 cm³/mol. The van der Waals surface area contributed by atoms with Gasteiger partial charge in [0.25, 0.3) is 0 Å². The van der Waals surface area contributed by atoms with E-state index >= 15 is 0 Å². The molecule has 0 aromatic heterocycles. The smallest absolute Gasteiger partial charge is 0.0371 e. The summed E-state index contributed by atoms with van der Waals surface area (Å²) < 4.78 is 0. The number of benzene rings is 1. The Balaban J connectivity index is 1.92. The lowest BCUT2D eigenvalue weighted by atomic mass is 9.95. The number of allylic oxidation sites excluding steroid dienone is 1. The van der Waals surface area contributed by atoms with Crippen LogP contribution >= 0.6 is 11.8 Å². The molecule has 0 radical (unpaired) electrons. The van der Waals surface area contributed by atoms with Crippen LogP contribution < -0.4 is 5.32 Å². The van der Waals surface area contributed by atoms with Gasteiger partial charge >= 0.3 is 0 Å². The fourth-order valence-electron chi connectivity index (χ4n) is 2.44. The maximum absolute atomic E-state index is 3.47. The molecule has 0 spiro atoms. The molecular formula is C16H23NS. The number of likely N-dealkylation sites (N-methyl/N-ethyl adjacent to an activating group) is 1. The summed E-state index contributed by atoms with van der Waals surface area (Å²) in [6.45, 7) is 2.16. The number of aryl methyl sites for hydroxylation is 1. The monoisotopic (exact) mass is 261 g/mol. The number of hydrogen-bond donors (Lipinski definition) is 1. The quantitative estimate of drug-likeness (QED) is 0.630. The Hall–Kier alpha value is -0.730. The average Bonchev–Trinajstić information content (AvgIpc) is 2.41. The Kier molecular flexibility index (Phi) is 5.33. The van der Waals surface area contributed by atoms with Gasteiger partial charge in [0, 0.05) is 16.7 Å². The Morgan fingerprint density at radius 2 is 2.22 bits per heavy atom. The Morgan fingerprint density at radius 3 is 2.89 bits per heavy atom. The molecule has 2 rings (SSSR count). The zero-order valence-electron chi connectivity index (χ0n) is 11.4. The van der Waals surface area contributed by atoms with E-state index in [0.717, 1.165) is 5.75 Å². The standard InChI is InChI=1S/C16H23NS/c1-13-7-6-10-15(11-13)18-12-16(17-2)14-8-4-3-5-9-14/h6-8,10-11,16-17H,3-5,9,12H2,1-2H3. The van der Waals surface area contributed by atoms with E-state index in [-0.39, 0.29) is 0 Å². The second-order valence-electron chi connectivity index (χ2n) is 4.99. The molecule has 2 heteroatoms. The Morgan fingerprint density at radius 1 is 1.33 bits per heavy atom. The van der Waals surface area contributed by atoms with E-state index in [1.165, 1.54) is 36.1 Å². The van der Waals surface area contributed by atoms with Crippen LogP contribution in [0.5, 0.6) is 0 Å². The fraction of sp³-hybridized carbons (Fsp3) is 0.500. The minimum atomic E-state index is 0.538. The van der Waals surface area contributed by atoms with Crippen molar-refractivity contribution in [3.63, 3.8) is 0 Å². The van der Waals surface area contributed by atoms with Crippen LogP contribution in [0.4, 0.5) is 0 Å². The number of thioether (sulfide) groups is 1. The van der Waals surface area contributed by atoms with Crippen molar-refractivity contribution in [2.45, 2.75) is 43.5 Å². The van der Waals surface area contributed by atoms with Crippen LogP contribution in [0.15, 0.2) is 40.8 Å². The molecule has 98 valence electrons. The van der Waals surface area contributed by atoms with Gasteiger partial charge in [0.1, 0.15) is 0 Å². The highest BCUT2D eigenvalue weighted by atomic mass is 32.2. The van der Waals surface area contributed by atoms with E-state index in [2.05, 4.69) is 49.6 Å². The third-order valence-electron chi connectivity index (χ3n) is 3.53. The van der Waals surface area contributed by atoms with E-state index in [1.54, 1.807) is 5.57 Å². The van der Waals surface area contributed by atoms with Gasteiger partial charge in [-0.2, -0.15) is 0 Å². The summed E-state index contributed by atoms with van der Waals surface area (Å²) in [5.74, 6) is 1.13. The molecule has 1 unspecified atom stereocenters. The van der Waals surface area contributed by atoms with Gasteiger partial charge in [-0.05, 0) is 51.8 Å². The molecule has 1 aromatic rings. The van der Waals surface area contributed by atoms with Gasteiger partial charge in [0.05, 0.1) is 0 Å². The molecule has 1 atom stereocenters. The first-order valence-corrected chi connectivity index (χ1v) is 7.84. The molecule has 0 saturated heterocycles. The molecule has 1 N–H and O–H groups in total. The first-order chi connectivity index (χ1) is 8.79. The lowest BCUT2D eigenvalue weighted by Crippen LogP contribution is -2.30. The van der Waals surface area contributed by atoms with Crippen molar-refractivity contribution in [2.75, 3.05) is 12.8 Å². The number of nitrogens with one attached hydrogen (secondary N) is 1. The van der Waals surface area contributed by atoms with Gasteiger partial charge in [0.15, 0.2) is 0 Å². The third kappa shape index (κ3) is 3.89. The van der Waals surface area contributed by atoms with Crippen molar-refractivity contribution in [3.8, 4) is 0 Å². The zero-order valence-corrected chi connectivity index (χ0v) is 12.2. The molecule has 1 nitrogen and oxygen atoms in total. The van der Waals surface area contributed by atoms with Crippen LogP contribution in [0.1, 0.15) is 31.2 Å². The molecule has 0 aliphatic heterocycles. The molecule has 0 bridgehead atoms. The van der Waals surface area contributed by atoms with E-state index in [9.17, 15) is 0 Å². The first-order valence-electron chi connectivity index (χ1n) is 6.85. The predicted octanol–water partition coefficient (Wildman–Crippen LogP) is 4.18. The number of hydrogen-bond acceptors (Lipinski definition) is 2. The Labute approximate surface area is 115 Å². The van der Waals surface area contributed by atoms with Crippen molar-refractivity contribution in [1.29, 1.82) is 0 Å². The molecule has 1 aliphatic carbocycles. The average molecular weight is 261 g/mol. The van der Waals surface area contributed by atoms with Gasteiger partial charge in [-0.15, -0.1) is 11.8 Å². The summed E-state index contributed by atoms with van der Waals surface area (Å²) in [5, 5.41) is 3.47. The minimum Gasteiger partial charge on any atom is -0.313 e. The lowest BCUT2D eigenvalue weighted by molar-refractivity contribution is 0.608. The molecule has 0 fully saturated rings. The van der Waals surface area contributed by atoms with Crippen molar-refractivity contribution in [3.05, 3.63) is 41.5 Å². The molecule has 0 heterocycles. The van der Waals surface area contributed by atoms with Crippen LogP contribution in [-0.2, 0) is 0 Å². The van der Waals surface area contributed by atoms with E-state index in [4.69, 9.17) is 0 Å². The minimum absolute atomic E-state index is 0.538. The normalized spacial score (nSPS) is 17.3. The largest absolute Gasteiger partial charge is 0.313 e.